The Morgan fingerprint density at radius 2 is 2.25 bits per heavy atom. The van der Waals surface area contributed by atoms with Gasteiger partial charge in [0, 0.05) is 0 Å². The maximum absolute atomic E-state index is 9.46. The van der Waals surface area contributed by atoms with Gasteiger partial charge in [-0.15, -0.1) is 0 Å². The fourth-order valence-corrected chi connectivity index (χ4v) is 0.349. The van der Waals surface area contributed by atoms with E-state index in [1.54, 1.807) is 0 Å². The Balaban J connectivity index is 3.05. The van der Waals surface area contributed by atoms with E-state index < -0.39 is 24.3 Å². The zero-order valence-electron chi connectivity index (χ0n) is 3.81. The van der Waals surface area contributed by atoms with Crippen LogP contribution in [0.15, 0.2) is 0 Å². The number of hydrogen-bond acceptors (Lipinski definition) is 5. The van der Waals surface area contributed by atoms with Gasteiger partial charge in [0.15, 0.2) is 6.29 Å². The average molecular weight is 141 g/mol. The van der Waals surface area contributed by atoms with E-state index in [1.165, 1.54) is 0 Å². The largest absolute Gasteiger partial charge is 0.750 e. The van der Waals surface area contributed by atoms with Crippen LogP contribution >= 0.6 is 0 Å². The van der Waals surface area contributed by atoms with Gasteiger partial charge in [-0.25, -0.2) is 4.21 Å². The summed E-state index contributed by atoms with van der Waals surface area (Å²) in [4.78, 5) is 0. The van der Waals surface area contributed by atoms with Crippen molar-refractivity contribution in [1.29, 1.82) is 0 Å². The van der Waals surface area contributed by atoms with Gasteiger partial charge in [-0.2, -0.15) is 0 Å². The van der Waals surface area contributed by atoms with Crippen molar-refractivity contribution in [1.82, 2.24) is 0 Å². The molecule has 8 heavy (non-hydrogen) atoms. The van der Waals surface area contributed by atoms with Crippen molar-refractivity contribution in [2.45, 2.75) is 6.29 Å². The van der Waals surface area contributed by atoms with E-state index in [0.29, 0.717) is 0 Å². The molecule has 0 amide bonds. The highest BCUT2D eigenvalue weighted by Gasteiger charge is 1.94. The molecular weight excluding hydrogens is 136 g/mol. The minimum absolute atomic E-state index is 0.615. The van der Waals surface area contributed by atoms with Gasteiger partial charge in [0.25, 0.3) is 0 Å². The monoisotopic (exact) mass is 141 g/mol. The Morgan fingerprint density at radius 3 is 2.38 bits per heavy atom. The predicted octanol–water partition coefficient (Wildman–Crippen LogP) is -1.89. The molecule has 0 bridgehead atoms. The van der Waals surface area contributed by atoms with Crippen molar-refractivity contribution in [3.63, 3.8) is 0 Å². The molecule has 0 spiro atoms. The maximum Gasteiger partial charge on any atom is 0.176 e. The van der Waals surface area contributed by atoms with Crippen molar-refractivity contribution in [2.75, 3.05) is 6.61 Å². The highest BCUT2D eigenvalue weighted by molar-refractivity contribution is 7.74. The van der Waals surface area contributed by atoms with Crippen LogP contribution in [-0.4, -0.2) is 31.9 Å². The van der Waals surface area contributed by atoms with Gasteiger partial charge >= 0.3 is 0 Å². The molecule has 50 valence electrons. The van der Waals surface area contributed by atoms with E-state index in [9.17, 15) is 8.76 Å². The lowest BCUT2D eigenvalue weighted by molar-refractivity contribution is -0.0672. The van der Waals surface area contributed by atoms with Crippen molar-refractivity contribution in [2.24, 2.45) is 0 Å². The number of aliphatic hydroxyl groups is 2. The van der Waals surface area contributed by atoms with Gasteiger partial charge in [0.05, 0.1) is 11.4 Å². The predicted molar refractivity (Wildman–Crippen MR) is 23.1 cm³/mol. The summed E-state index contributed by atoms with van der Waals surface area (Å²) in [5.41, 5.74) is 0. The van der Waals surface area contributed by atoms with E-state index in [4.69, 9.17) is 10.2 Å². The molecular formula is C2H5O5S-. The van der Waals surface area contributed by atoms with Crippen LogP contribution in [0.3, 0.4) is 0 Å². The molecule has 0 fully saturated rings. The lowest BCUT2D eigenvalue weighted by Gasteiger charge is -2.05. The minimum atomic E-state index is -2.66. The van der Waals surface area contributed by atoms with Gasteiger partial charge in [-0.05, 0) is 0 Å². The molecule has 0 saturated carbocycles. The fraction of sp³-hybridized carbons (Fsp3) is 1.00. The van der Waals surface area contributed by atoms with Gasteiger partial charge in [0.1, 0.15) is 6.61 Å². The second kappa shape index (κ2) is 3.93. The SMILES string of the molecule is O=S([O-])OCC(O)O. The van der Waals surface area contributed by atoms with Crippen LogP contribution in [0.1, 0.15) is 0 Å². The molecule has 0 aromatic rings. The first kappa shape index (κ1) is 7.99. The highest BCUT2D eigenvalue weighted by Crippen LogP contribution is 1.80. The summed E-state index contributed by atoms with van der Waals surface area (Å²) < 4.78 is 22.6. The molecule has 1 unspecified atom stereocenters. The smallest absolute Gasteiger partial charge is 0.176 e. The first-order valence-corrected chi connectivity index (χ1v) is 2.71. The fourth-order valence-electron chi connectivity index (χ4n) is 0.116. The van der Waals surface area contributed by atoms with Crippen molar-refractivity contribution in [3.8, 4) is 0 Å². The summed E-state index contributed by atoms with van der Waals surface area (Å²) in [6.07, 6.45) is -1.73. The molecule has 0 aliphatic rings. The molecule has 0 rings (SSSR count). The van der Waals surface area contributed by atoms with Crippen LogP contribution in [0.4, 0.5) is 0 Å². The van der Waals surface area contributed by atoms with Crippen molar-refractivity contribution in [3.05, 3.63) is 0 Å². The van der Waals surface area contributed by atoms with Gasteiger partial charge in [-0.3, -0.25) is 4.18 Å². The Kier molecular flexibility index (Phi) is 3.92. The normalized spacial score (nSPS) is 14.5. The molecule has 0 aromatic heterocycles. The molecule has 0 heterocycles. The molecule has 0 radical (unpaired) electrons. The van der Waals surface area contributed by atoms with Gasteiger partial charge < -0.3 is 14.8 Å². The van der Waals surface area contributed by atoms with Crippen molar-refractivity contribution >= 4 is 11.4 Å². The summed E-state index contributed by atoms with van der Waals surface area (Å²) >= 11 is -2.66. The van der Waals surface area contributed by atoms with E-state index in [0.717, 1.165) is 0 Å². The second-order valence-corrected chi connectivity index (χ2v) is 1.61. The lowest BCUT2D eigenvalue weighted by Crippen LogP contribution is -2.14. The molecule has 0 aliphatic carbocycles. The standard InChI is InChI=1S/C2H6O5S/c3-2(4)1-7-8(5)6/h2-4H,1H2,(H,5,6)/p-1. The third kappa shape index (κ3) is 5.99. The maximum atomic E-state index is 9.46. The average Bonchev–Trinajstić information content (AvgIpc) is 1.61. The number of aliphatic hydroxyl groups excluding tert-OH is 1. The van der Waals surface area contributed by atoms with Crippen LogP contribution in [0.5, 0.6) is 0 Å². The van der Waals surface area contributed by atoms with Gasteiger partial charge in [-0.1, -0.05) is 0 Å². The Labute approximate surface area is 48.4 Å². The van der Waals surface area contributed by atoms with Crippen molar-refractivity contribution < 1.29 is 23.2 Å². The summed E-state index contributed by atoms with van der Waals surface area (Å²) in [5, 5.41) is 15.9. The van der Waals surface area contributed by atoms with E-state index in [1.807, 2.05) is 0 Å². The molecule has 0 aliphatic heterocycles. The Bertz CT molecular complexity index is 80.5. The first-order valence-electron chi connectivity index (χ1n) is 1.71. The lowest BCUT2D eigenvalue weighted by atomic mass is 10.7. The van der Waals surface area contributed by atoms with E-state index in [2.05, 4.69) is 4.18 Å². The summed E-state index contributed by atoms with van der Waals surface area (Å²) in [7, 11) is 0. The Morgan fingerprint density at radius 1 is 1.75 bits per heavy atom. The number of hydrogen-bond donors (Lipinski definition) is 2. The van der Waals surface area contributed by atoms with Crippen LogP contribution in [0.25, 0.3) is 0 Å². The zero-order chi connectivity index (χ0) is 6.57. The van der Waals surface area contributed by atoms with E-state index >= 15 is 0 Å². The molecule has 1 atom stereocenters. The van der Waals surface area contributed by atoms with Crippen LogP contribution < -0.4 is 0 Å². The van der Waals surface area contributed by atoms with Crippen LogP contribution in [0.2, 0.25) is 0 Å². The molecule has 2 N–H and O–H groups in total. The number of rotatable bonds is 3. The first-order chi connectivity index (χ1) is 3.63. The quantitative estimate of drug-likeness (QED) is 0.354. The topological polar surface area (TPSA) is 89.8 Å². The third-order valence-electron chi connectivity index (χ3n) is 0.313. The third-order valence-corrected chi connectivity index (χ3v) is 0.642. The molecule has 0 saturated heterocycles. The summed E-state index contributed by atoms with van der Waals surface area (Å²) in [5.74, 6) is 0. The zero-order valence-corrected chi connectivity index (χ0v) is 4.63. The van der Waals surface area contributed by atoms with Crippen LogP contribution in [-0.2, 0) is 15.5 Å². The highest BCUT2D eigenvalue weighted by atomic mass is 32.2. The summed E-state index contributed by atoms with van der Waals surface area (Å²) in [6.45, 7) is -0.615. The Hall–Kier alpha value is -0.0100. The van der Waals surface area contributed by atoms with Crippen LogP contribution in [0, 0.1) is 0 Å². The second-order valence-electron chi connectivity index (χ2n) is 0.969. The minimum Gasteiger partial charge on any atom is -0.750 e. The molecule has 6 heteroatoms. The molecule has 5 nitrogen and oxygen atoms in total. The van der Waals surface area contributed by atoms with E-state index in [-0.39, 0.29) is 0 Å². The summed E-state index contributed by atoms with van der Waals surface area (Å²) in [6, 6.07) is 0. The van der Waals surface area contributed by atoms with Gasteiger partial charge in [0.2, 0.25) is 0 Å². The molecule has 0 aromatic carbocycles.